The van der Waals surface area contributed by atoms with Crippen molar-refractivity contribution in [2.45, 2.75) is 0 Å². The Morgan fingerprint density at radius 1 is 1.00 bits per heavy atom. The van der Waals surface area contributed by atoms with Crippen molar-refractivity contribution in [1.29, 1.82) is 0 Å². The lowest BCUT2D eigenvalue weighted by molar-refractivity contribution is 1.04. The first-order valence-electron chi connectivity index (χ1n) is 6.19. The number of halogens is 2. The van der Waals surface area contributed by atoms with Gasteiger partial charge in [-0.15, -0.1) is 10.2 Å². The Labute approximate surface area is 135 Å². The molecular weight excluding hydrogens is 352 g/mol. The molecule has 6 heteroatoms. The van der Waals surface area contributed by atoms with Crippen LogP contribution in [-0.2, 0) is 0 Å². The number of nitrogens with zero attached hydrogens (tertiary/aromatic N) is 3. The van der Waals surface area contributed by atoms with E-state index in [0.717, 1.165) is 20.8 Å². The van der Waals surface area contributed by atoms with E-state index in [1.54, 1.807) is 6.21 Å². The summed E-state index contributed by atoms with van der Waals surface area (Å²) in [4.78, 5) is 0. The van der Waals surface area contributed by atoms with Gasteiger partial charge in [-0.1, -0.05) is 63.9 Å². The summed E-state index contributed by atoms with van der Waals surface area (Å²) < 4.78 is 1.03. The van der Waals surface area contributed by atoms with E-state index >= 15 is 0 Å². The molecule has 0 radical (unpaired) electrons. The van der Waals surface area contributed by atoms with E-state index in [1.807, 2.05) is 48.5 Å². The maximum absolute atomic E-state index is 6.03. The molecule has 0 spiro atoms. The fourth-order valence-electron chi connectivity index (χ4n) is 1.87. The largest absolute Gasteiger partial charge is 0.259 e. The molecule has 0 unspecified atom stereocenters. The quantitative estimate of drug-likeness (QED) is 0.552. The van der Waals surface area contributed by atoms with E-state index in [9.17, 15) is 0 Å². The molecule has 0 saturated carbocycles. The Hall–Kier alpha value is -1.98. The molecule has 0 amide bonds. The molecule has 0 saturated heterocycles. The summed E-state index contributed by atoms with van der Waals surface area (Å²) in [5, 5.41) is 14.2. The van der Waals surface area contributed by atoms with Gasteiger partial charge in [0.25, 0.3) is 0 Å². The summed E-state index contributed by atoms with van der Waals surface area (Å²) in [5.74, 6) is 0.573. The maximum Gasteiger partial charge on any atom is 0.176 e. The van der Waals surface area contributed by atoms with Crippen LogP contribution in [0.3, 0.4) is 0 Å². The van der Waals surface area contributed by atoms with Crippen LogP contribution in [0.15, 0.2) is 58.1 Å². The second-order valence-corrected chi connectivity index (χ2v) is 5.58. The second kappa shape index (κ2) is 6.20. The van der Waals surface area contributed by atoms with Crippen LogP contribution in [0.1, 0.15) is 5.56 Å². The van der Waals surface area contributed by atoms with Gasteiger partial charge in [-0.25, -0.2) is 0 Å². The van der Waals surface area contributed by atoms with E-state index < -0.39 is 0 Å². The van der Waals surface area contributed by atoms with E-state index in [-0.39, 0.29) is 0 Å². The van der Waals surface area contributed by atoms with Gasteiger partial charge in [-0.2, -0.15) is 5.10 Å². The summed E-state index contributed by atoms with van der Waals surface area (Å²) >= 11 is 9.42. The molecule has 1 N–H and O–H groups in total. The van der Waals surface area contributed by atoms with Gasteiger partial charge in [-0.05, 0) is 17.7 Å². The predicted molar refractivity (Wildman–Crippen MR) is 89.9 cm³/mol. The molecule has 21 heavy (non-hydrogen) atoms. The van der Waals surface area contributed by atoms with E-state index in [1.165, 1.54) is 0 Å². The minimum atomic E-state index is 0.382. The molecule has 1 heterocycles. The minimum absolute atomic E-state index is 0.382. The van der Waals surface area contributed by atoms with Crippen molar-refractivity contribution in [2.75, 3.05) is 5.43 Å². The van der Waals surface area contributed by atoms with Crippen LogP contribution >= 0.6 is 27.5 Å². The molecule has 0 aliphatic rings. The molecule has 0 atom stereocenters. The first-order chi connectivity index (χ1) is 10.2. The molecular formula is C15H10BrClN4. The Balaban J connectivity index is 1.85. The zero-order valence-electron chi connectivity index (χ0n) is 10.8. The first kappa shape index (κ1) is 14.0. The molecule has 3 rings (SSSR count). The molecule has 0 bridgehead atoms. The molecule has 2 aromatic carbocycles. The molecule has 0 aliphatic carbocycles. The van der Waals surface area contributed by atoms with Gasteiger partial charge >= 0.3 is 0 Å². The lowest BCUT2D eigenvalue weighted by atomic mass is 10.2. The average Bonchev–Trinajstić information content (AvgIpc) is 2.52. The number of nitrogens with one attached hydrogen (secondary N) is 1. The van der Waals surface area contributed by atoms with Crippen LogP contribution in [0.5, 0.6) is 0 Å². The van der Waals surface area contributed by atoms with E-state index in [2.05, 4.69) is 36.7 Å². The van der Waals surface area contributed by atoms with Gasteiger partial charge in [-0.3, -0.25) is 5.43 Å². The van der Waals surface area contributed by atoms with Crippen LogP contribution in [0.2, 0.25) is 5.15 Å². The van der Waals surface area contributed by atoms with Crippen molar-refractivity contribution < 1.29 is 0 Å². The van der Waals surface area contributed by atoms with Crippen LogP contribution in [0, 0.1) is 0 Å². The standard InChI is InChI=1S/C15H10BrClN4/c16-11-7-5-10(6-8-11)9-18-20-15-13-4-2-1-3-12(13)14(17)19-21-15/h1-9H,(H,20,21). The maximum atomic E-state index is 6.03. The van der Waals surface area contributed by atoms with Crippen molar-refractivity contribution in [3.05, 3.63) is 63.7 Å². The highest BCUT2D eigenvalue weighted by molar-refractivity contribution is 9.10. The molecule has 4 nitrogen and oxygen atoms in total. The van der Waals surface area contributed by atoms with Crippen LogP contribution in [0.4, 0.5) is 5.82 Å². The van der Waals surface area contributed by atoms with Crippen molar-refractivity contribution in [3.8, 4) is 0 Å². The number of hydrazone groups is 1. The van der Waals surface area contributed by atoms with Crippen LogP contribution < -0.4 is 5.43 Å². The third-order valence-corrected chi connectivity index (χ3v) is 3.70. The smallest absolute Gasteiger partial charge is 0.176 e. The summed E-state index contributed by atoms with van der Waals surface area (Å²) in [6.07, 6.45) is 1.72. The molecule has 3 aromatic rings. The lowest BCUT2D eigenvalue weighted by Crippen LogP contribution is -1.97. The van der Waals surface area contributed by atoms with Gasteiger partial charge in [0.1, 0.15) is 0 Å². The lowest BCUT2D eigenvalue weighted by Gasteiger charge is -2.04. The van der Waals surface area contributed by atoms with Crippen LogP contribution in [-0.4, -0.2) is 16.4 Å². The molecule has 104 valence electrons. The zero-order chi connectivity index (χ0) is 14.7. The third-order valence-electron chi connectivity index (χ3n) is 2.90. The average molecular weight is 362 g/mol. The van der Waals surface area contributed by atoms with Crippen molar-refractivity contribution in [3.63, 3.8) is 0 Å². The monoisotopic (exact) mass is 360 g/mol. The fraction of sp³-hybridized carbons (Fsp3) is 0. The Bertz CT molecular complexity index is 802. The predicted octanol–water partition coefficient (Wildman–Crippen LogP) is 4.49. The first-order valence-corrected chi connectivity index (χ1v) is 7.37. The molecule has 0 fully saturated rings. The second-order valence-electron chi connectivity index (χ2n) is 4.31. The van der Waals surface area contributed by atoms with Crippen molar-refractivity contribution in [1.82, 2.24) is 10.2 Å². The number of benzene rings is 2. The Kier molecular flexibility index (Phi) is 4.13. The third kappa shape index (κ3) is 3.20. The highest BCUT2D eigenvalue weighted by Crippen LogP contribution is 2.25. The summed E-state index contributed by atoms with van der Waals surface area (Å²) in [6, 6.07) is 15.5. The number of anilines is 1. The number of hydrogen-bond acceptors (Lipinski definition) is 4. The number of fused-ring (bicyclic) bond motifs is 1. The van der Waals surface area contributed by atoms with Gasteiger partial charge in [0.2, 0.25) is 0 Å². The Morgan fingerprint density at radius 3 is 2.48 bits per heavy atom. The van der Waals surface area contributed by atoms with Gasteiger partial charge in [0, 0.05) is 15.2 Å². The van der Waals surface area contributed by atoms with E-state index in [0.29, 0.717) is 11.0 Å². The van der Waals surface area contributed by atoms with Gasteiger partial charge < -0.3 is 0 Å². The summed E-state index contributed by atoms with van der Waals surface area (Å²) in [7, 11) is 0. The SMILES string of the molecule is Clc1nnc(NN=Cc2ccc(Br)cc2)c2ccccc12. The molecule has 0 aliphatic heterocycles. The van der Waals surface area contributed by atoms with Crippen LogP contribution in [0.25, 0.3) is 10.8 Å². The fourth-order valence-corrected chi connectivity index (χ4v) is 2.34. The van der Waals surface area contributed by atoms with Gasteiger partial charge in [0.15, 0.2) is 11.0 Å². The Morgan fingerprint density at radius 2 is 1.71 bits per heavy atom. The topological polar surface area (TPSA) is 50.2 Å². The molecule has 1 aromatic heterocycles. The highest BCUT2D eigenvalue weighted by Gasteiger charge is 2.05. The summed E-state index contributed by atoms with van der Waals surface area (Å²) in [5.41, 5.74) is 3.89. The highest BCUT2D eigenvalue weighted by atomic mass is 79.9. The summed E-state index contributed by atoms with van der Waals surface area (Å²) in [6.45, 7) is 0. The van der Waals surface area contributed by atoms with Crippen molar-refractivity contribution in [2.24, 2.45) is 5.10 Å². The number of rotatable bonds is 3. The van der Waals surface area contributed by atoms with Gasteiger partial charge in [0.05, 0.1) is 6.21 Å². The van der Waals surface area contributed by atoms with E-state index in [4.69, 9.17) is 11.6 Å². The normalized spacial score (nSPS) is 11.1. The zero-order valence-corrected chi connectivity index (χ0v) is 13.1. The van der Waals surface area contributed by atoms with Crippen molar-refractivity contribution >= 4 is 50.3 Å². The minimum Gasteiger partial charge on any atom is -0.259 e. The number of aromatic nitrogens is 2. The number of hydrogen-bond donors (Lipinski definition) is 1.